The van der Waals surface area contributed by atoms with Crippen LogP contribution in [0.4, 0.5) is 4.79 Å². The molecule has 1 aliphatic rings. The summed E-state index contributed by atoms with van der Waals surface area (Å²) < 4.78 is 11.1. The first-order valence-electron chi connectivity index (χ1n) is 7.58. The van der Waals surface area contributed by atoms with Gasteiger partial charge in [-0.15, -0.1) is 0 Å². The average Bonchev–Trinajstić information content (AvgIpc) is 2.46. The molecule has 0 radical (unpaired) electrons. The van der Waals surface area contributed by atoms with Crippen molar-refractivity contribution in [2.75, 3.05) is 13.1 Å². The number of ether oxygens (including phenoxy) is 2. The summed E-state index contributed by atoms with van der Waals surface area (Å²) in [5.74, 6) is -0.608. The molecule has 1 N–H and O–H groups in total. The number of pyridine rings is 1. The first-order chi connectivity index (χ1) is 10.7. The van der Waals surface area contributed by atoms with Crippen LogP contribution in [0, 0.1) is 0 Å². The Kier molecular flexibility index (Phi) is 5.08. The zero-order valence-corrected chi connectivity index (χ0v) is 13.6. The molecule has 1 aromatic rings. The number of hydrogen-bond donors (Lipinski definition) is 1. The van der Waals surface area contributed by atoms with Crippen LogP contribution in [0.2, 0.25) is 0 Å². The minimum Gasteiger partial charge on any atom is -0.490 e. The summed E-state index contributed by atoms with van der Waals surface area (Å²) in [6.07, 6.45) is 2.38. The zero-order chi connectivity index (χ0) is 17.0. The predicted octanol–water partition coefficient (Wildman–Crippen LogP) is 2.56. The van der Waals surface area contributed by atoms with Crippen LogP contribution < -0.4 is 4.74 Å². The van der Waals surface area contributed by atoms with Crippen molar-refractivity contribution >= 4 is 12.1 Å². The molecule has 1 fully saturated rings. The number of hydrogen-bond acceptors (Lipinski definition) is 5. The lowest BCUT2D eigenvalue weighted by molar-refractivity contribution is 0.0126. The Morgan fingerprint density at radius 2 is 1.96 bits per heavy atom. The monoisotopic (exact) mass is 322 g/mol. The van der Waals surface area contributed by atoms with Crippen LogP contribution >= 0.6 is 0 Å². The van der Waals surface area contributed by atoms with Crippen LogP contribution in [0.1, 0.15) is 44.1 Å². The van der Waals surface area contributed by atoms with Gasteiger partial charge in [-0.3, -0.25) is 0 Å². The lowest BCUT2D eigenvalue weighted by Gasteiger charge is -2.33. The van der Waals surface area contributed by atoms with Crippen LogP contribution in [-0.4, -0.2) is 51.8 Å². The van der Waals surface area contributed by atoms with Gasteiger partial charge in [0.05, 0.1) is 0 Å². The third-order valence-electron chi connectivity index (χ3n) is 3.35. The van der Waals surface area contributed by atoms with E-state index in [0.29, 0.717) is 31.7 Å². The van der Waals surface area contributed by atoms with Gasteiger partial charge in [-0.25, -0.2) is 14.6 Å². The number of carboxylic acid groups (broad SMARTS) is 1. The number of aromatic carboxylic acids is 1. The maximum atomic E-state index is 12.0. The van der Waals surface area contributed by atoms with Crippen LogP contribution in [0.5, 0.6) is 5.75 Å². The molecule has 2 heterocycles. The molecule has 126 valence electrons. The van der Waals surface area contributed by atoms with Gasteiger partial charge < -0.3 is 19.5 Å². The SMILES string of the molecule is CC(C)(C)OC(=O)N1CCC(Oc2ccnc(C(=O)O)c2)CC1. The highest BCUT2D eigenvalue weighted by Crippen LogP contribution is 2.20. The number of carboxylic acids is 1. The second kappa shape index (κ2) is 6.85. The summed E-state index contributed by atoms with van der Waals surface area (Å²) in [4.78, 5) is 28.3. The van der Waals surface area contributed by atoms with E-state index in [0.717, 1.165) is 0 Å². The molecule has 1 aromatic heterocycles. The highest BCUT2D eigenvalue weighted by atomic mass is 16.6. The van der Waals surface area contributed by atoms with E-state index in [1.54, 1.807) is 11.0 Å². The van der Waals surface area contributed by atoms with Gasteiger partial charge >= 0.3 is 12.1 Å². The molecule has 2 rings (SSSR count). The van der Waals surface area contributed by atoms with Gasteiger partial charge in [-0.2, -0.15) is 0 Å². The molecule has 7 nitrogen and oxygen atoms in total. The van der Waals surface area contributed by atoms with E-state index in [9.17, 15) is 9.59 Å². The Balaban J connectivity index is 1.86. The van der Waals surface area contributed by atoms with Crippen LogP contribution in [0.15, 0.2) is 18.3 Å². The summed E-state index contributed by atoms with van der Waals surface area (Å²) in [7, 11) is 0. The van der Waals surface area contributed by atoms with E-state index < -0.39 is 11.6 Å². The second-order valence-electron chi connectivity index (χ2n) is 6.47. The highest BCUT2D eigenvalue weighted by molar-refractivity contribution is 5.85. The van der Waals surface area contributed by atoms with Crippen molar-refractivity contribution < 1.29 is 24.2 Å². The van der Waals surface area contributed by atoms with Gasteiger partial charge in [0.15, 0.2) is 5.69 Å². The van der Waals surface area contributed by atoms with Gasteiger partial charge in [0, 0.05) is 38.2 Å². The standard InChI is InChI=1S/C16H22N2O5/c1-16(2,3)23-15(21)18-8-5-11(6-9-18)22-12-4-7-17-13(10-12)14(19)20/h4,7,10-11H,5-6,8-9H2,1-3H3,(H,19,20). The van der Waals surface area contributed by atoms with E-state index in [1.165, 1.54) is 12.3 Å². The molecule has 1 amide bonds. The Morgan fingerprint density at radius 3 is 2.52 bits per heavy atom. The fourth-order valence-corrected chi connectivity index (χ4v) is 2.28. The maximum Gasteiger partial charge on any atom is 0.410 e. The number of likely N-dealkylation sites (tertiary alicyclic amines) is 1. The van der Waals surface area contributed by atoms with Gasteiger partial charge in [0.1, 0.15) is 17.5 Å². The van der Waals surface area contributed by atoms with Crippen molar-refractivity contribution in [2.24, 2.45) is 0 Å². The Bertz CT molecular complexity index is 574. The molecule has 0 spiro atoms. The fraction of sp³-hybridized carbons (Fsp3) is 0.562. The molecule has 0 unspecified atom stereocenters. The smallest absolute Gasteiger partial charge is 0.410 e. The first-order valence-corrected chi connectivity index (χ1v) is 7.58. The molecule has 0 aliphatic carbocycles. The Labute approximate surface area is 135 Å². The van der Waals surface area contributed by atoms with Gasteiger partial charge in [-0.05, 0) is 26.8 Å². The molecule has 0 aromatic carbocycles. The minimum absolute atomic E-state index is 0.0475. The number of carbonyl (C=O) groups excluding carboxylic acids is 1. The van der Waals surface area contributed by atoms with E-state index in [-0.39, 0.29) is 17.9 Å². The molecule has 0 saturated carbocycles. The van der Waals surface area contributed by atoms with Crippen molar-refractivity contribution in [2.45, 2.75) is 45.3 Å². The number of nitrogens with zero attached hydrogens (tertiary/aromatic N) is 2. The number of amides is 1. The van der Waals surface area contributed by atoms with E-state index in [1.807, 2.05) is 20.8 Å². The zero-order valence-electron chi connectivity index (χ0n) is 13.6. The summed E-state index contributed by atoms with van der Waals surface area (Å²) in [6, 6.07) is 3.04. The molecule has 0 atom stereocenters. The largest absolute Gasteiger partial charge is 0.490 e. The summed E-state index contributed by atoms with van der Waals surface area (Å²) >= 11 is 0. The number of aromatic nitrogens is 1. The lowest BCUT2D eigenvalue weighted by atomic mass is 10.1. The van der Waals surface area contributed by atoms with Crippen molar-refractivity contribution in [3.8, 4) is 5.75 Å². The number of piperidine rings is 1. The fourth-order valence-electron chi connectivity index (χ4n) is 2.28. The van der Waals surface area contributed by atoms with Crippen molar-refractivity contribution in [1.29, 1.82) is 0 Å². The molecule has 7 heteroatoms. The Morgan fingerprint density at radius 1 is 1.30 bits per heavy atom. The van der Waals surface area contributed by atoms with Crippen molar-refractivity contribution in [1.82, 2.24) is 9.88 Å². The molecule has 23 heavy (non-hydrogen) atoms. The second-order valence-corrected chi connectivity index (χ2v) is 6.47. The van der Waals surface area contributed by atoms with E-state index in [4.69, 9.17) is 14.6 Å². The van der Waals surface area contributed by atoms with Gasteiger partial charge in [0.2, 0.25) is 0 Å². The van der Waals surface area contributed by atoms with E-state index >= 15 is 0 Å². The molecule has 0 bridgehead atoms. The van der Waals surface area contributed by atoms with Crippen LogP contribution in [-0.2, 0) is 4.74 Å². The highest BCUT2D eigenvalue weighted by Gasteiger charge is 2.27. The van der Waals surface area contributed by atoms with Crippen molar-refractivity contribution in [3.05, 3.63) is 24.0 Å². The Hall–Kier alpha value is -2.31. The van der Waals surface area contributed by atoms with Gasteiger partial charge in [0.25, 0.3) is 0 Å². The molecular weight excluding hydrogens is 300 g/mol. The van der Waals surface area contributed by atoms with Crippen molar-refractivity contribution in [3.63, 3.8) is 0 Å². The topological polar surface area (TPSA) is 89.0 Å². The molecule has 1 saturated heterocycles. The molecule has 1 aliphatic heterocycles. The number of carbonyl (C=O) groups is 2. The average molecular weight is 322 g/mol. The summed E-state index contributed by atoms with van der Waals surface area (Å²) in [5.41, 5.74) is -0.553. The maximum absolute atomic E-state index is 12.0. The normalized spacial score (nSPS) is 16.0. The predicted molar refractivity (Wildman–Crippen MR) is 82.7 cm³/mol. The quantitative estimate of drug-likeness (QED) is 0.920. The van der Waals surface area contributed by atoms with Crippen LogP contribution in [0.3, 0.4) is 0 Å². The number of rotatable bonds is 3. The summed E-state index contributed by atoms with van der Waals surface area (Å²) in [5, 5.41) is 8.93. The lowest BCUT2D eigenvalue weighted by Crippen LogP contribution is -2.44. The molecular formula is C16H22N2O5. The van der Waals surface area contributed by atoms with Crippen LogP contribution in [0.25, 0.3) is 0 Å². The minimum atomic E-state index is -1.09. The first kappa shape index (κ1) is 17.1. The third kappa shape index (κ3) is 5.12. The van der Waals surface area contributed by atoms with Gasteiger partial charge in [-0.1, -0.05) is 0 Å². The summed E-state index contributed by atoms with van der Waals surface area (Å²) in [6.45, 7) is 6.62. The third-order valence-corrected chi connectivity index (χ3v) is 3.35. The van der Waals surface area contributed by atoms with E-state index in [2.05, 4.69) is 4.98 Å².